The molecule has 4 amide bonds. The number of nitro benzene ring substituents is 1. The predicted molar refractivity (Wildman–Crippen MR) is 92.9 cm³/mol. The summed E-state index contributed by atoms with van der Waals surface area (Å²) in [7, 11) is 0. The summed E-state index contributed by atoms with van der Waals surface area (Å²) in [5.74, 6) is -2.34. The number of nitro groups is 1. The van der Waals surface area contributed by atoms with Crippen LogP contribution in [0.25, 0.3) is 0 Å². The van der Waals surface area contributed by atoms with Gasteiger partial charge >= 0.3 is 12.0 Å². The highest BCUT2D eigenvalue weighted by molar-refractivity contribution is 5.97. The molecule has 0 aliphatic rings. The van der Waals surface area contributed by atoms with Crippen LogP contribution in [0.15, 0.2) is 18.2 Å². The van der Waals surface area contributed by atoms with Crippen molar-refractivity contribution in [3.05, 3.63) is 39.4 Å². The van der Waals surface area contributed by atoms with Gasteiger partial charge in [-0.2, -0.15) is 0 Å². The molecular weight excluding hydrogens is 360 g/mol. The number of imide groups is 1. The molecule has 1 aromatic carbocycles. The van der Waals surface area contributed by atoms with Gasteiger partial charge in [-0.05, 0) is 32.9 Å². The molecule has 0 aromatic heterocycles. The van der Waals surface area contributed by atoms with Crippen molar-refractivity contribution in [2.24, 2.45) is 0 Å². The zero-order valence-corrected chi connectivity index (χ0v) is 15.0. The molecule has 27 heavy (non-hydrogen) atoms. The Bertz CT molecular complexity index is 761. The molecular formula is C16H20N4O7. The van der Waals surface area contributed by atoms with Gasteiger partial charge in [-0.15, -0.1) is 0 Å². The van der Waals surface area contributed by atoms with Crippen LogP contribution in [-0.4, -0.2) is 47.9 Å². The molecule has 0 aliphatic carbocycles. The van der Waals surface area contributed by atoms with Crippen LogP contribution in [-0.2, 0) is 14.3 Å². The molecule has 0 radical (unpaired) electrons. The van der Waals surface area contributed by atoms with Gasteiger partial charge in [-0.25, -0.2) is 4.79 Å². The van der Waals surface area contributed by atoms with Gasteiger partial charge in [0.2, 0.25) is 0 Å². The largest absolute Gasteiger partial charge is 0.454 e. The van der Waals surface area contributed by atoms with E-state index in [2.05, 4.69) is 15.4 Å². The number of amides is 4. The van der Waals surface area contributed by atoms with Crippen LogP contribution in [0.3, 0.4) is 0 Å². The van der Waals surface area contributed by atoms with Crippen LogP contribution >= 0.6 is 0 Å². The number of hydrogen-bond acceptors (Lipinski definition) is 7. The fourth-order valence-corrected chi connectivity index (χ4v) is 1.91. The highest BCUT2D eigenvalue weighted by Crippen LogP contribution is 2.18. The van der Waals surface area contributed by atoms with Gasteiger partial charge in [0.1, 0.15) is 6.54 Å². The molecule has 0 atom stereocenters. The van der Waals surface area contributed by atoms with Crippen molar-refractivity contribution in [3.8, 4) is 0 Å². The van der Waals surface area contributed by atoms with Crippen molar-refractivity contribution < 1.29 is 28.8 Å². The Kier molecular flexibility index (Phi) is 7.86. The van der Waals surface area contributed by atoms with Crippen molar-refractivity contribution in [2.75, 3.05) is 13.2 Å². The Morgan fingerprint density at radius 3 is 2.44 bits per heavy atom. The molecule has 0 fully saturated rings. The highest BCUT2D eigenvalue weighted by atomic mass is 16.6. The second-order valence-corrected chi connectivity index (χ2v) is 5.78. The lowest BCUT2D eigenvalue weighted by Gasteiger charge is -2.10. The molecule has 0 heterocycles. The summed E-state index contributed by atoms with van der Waals surface area (Å²) in [6.07, 6.45) is 0. The number of carbonyl (C=O) groups excluding carboxylic acids is 4. The van der Waals surface area contributed by atoms with Crippen molar-refractivity contribution in [2.45, 2.75) is 26.8 Å². The normalized spacial score (nSPS) is 10.1. The molecule has 0 bridgehead atoms. The number of rotatable bonds is 7. The first-order valence-electron chi connectivity index (χ1n) is 7.89. The third-order valence-electron chi connectivity index (χ3n) is 3.09. The van der Waals surface area contributed by atoms with Gasteiger partial charge in [-0.3, -0.25) is 29.8 Å². The summed E-state index contributed by atoms with van der Waals surface area (Å²) in [4.78, 5) is 56.4. The summed E-state index contributed by atoms with van der Waals surface area (Å²) >= 11 is 0. The summed E-state index contributed by atoms with van der Waals surface area (Å²) in [5.41, 5.74) is 0.305. The number of aryl methyl sites for hydroxylation is 1. The topological polar surface area (TPSA) is 157 Å². The van der Waals surface area contributed by atoms with Gasteiger partial charge in [0.15, 0.2) is 6.61 Å². The van der Waals surface area contributed by atoms with Crippen LogP contribution in [0.2, 0.25) is 0 Å². The Hall–Kier alpha value is -3.50. The van der Waals surface area contributed by atoms with Crippen LogP contribution in [0.5, 0.6) is 0 Å². The zero-order valence-electron chi connectivity index (χ0n) is 15.0. The molecule has 0 saturated heterocycles. The van der Waals surface area contributed by atoms with Crippen molar-refractivity contribution in [3.63, 3.8) is 0 Å². The molecule has 0 aliphatic heterocycles. The number of nitrogens with zero attached hydrogens (tertiary/aromatic N) is 1. The minimum Gasteiger partial charge on any atom is -0.454 e. The Balaban J connectivity index is 2.42. The molecule has 0 unspecified atom stereocenters. The second-order valence-electron chi connectivity index (χ2n) is 5.78. The zero-order chi connectivity index (χ0) is 20.6. The lowest BCUT2D eigenvalue weighted by Crippen LogP contribution is -2.44. The molecule has 1 aromatic rings. The van der Waals surface area contributed by atoms with E-state index in [4.69, 9.17) is 0 Å². The monoisotopic (exact) mass is 380 g/mol. The van der Waals surface area contributed by atoms with Gasteiger partial charge in [0.25, 0.3) is 17.5 Å². The first-order valence-corrected chi connectivity index (χ1v) is 7.89. The third-order valence-corrected chi connectivity index (χ3v) is 3.09. The van der Waals surface area contributed by atoms with Crippen LogP contribution < -0.4 is 16.0 Å². The highest BCUT2D eigenvalue weighted by Gasteiger charge is 2.15. The molecule has 1 rings (SSSR count). The fourth-order valence-electron chi connectivity index (χ4n) is 1.91. The first kappa shape index (κ1) is 21.5. The quantitative estimate of drug-likeness (QED) is 0.351. The van der Waals surface area contributed by atoms with Gasteiger partial charge in [-0.1, -0.05) is 0 Å². The predicted octanol–water partition coefficient (Wildman–Crippen LogP) is 0.410. The molecule has 3 N–H and O–H groups in total. The molecule has 0 saturated carbocycles. The molecule has 11 heteroatoms. The summed E-state index contributed by atoms with van der Waals surface area (Å²) < 4.78 is 4.64. The average Bonchev–Trinajstić information content (AvgIpc) is 2.56. The smallest absolute Gasteiger partial charge is 0.325 e. The van der Waals surface area contributed by atoms with E-state index in [0.29, 0.717) is 5.56 Å². The van der Waals surface area contributed by atoms with E-state index >= 15 is 0 Å². The minimum absolute atomic E-state index is 0.126. The summed E-state index contributed by atoms with van der Waals surface area (Å²) in [6, 6.07) is 2.88. The maximum atomic E-state index is 11.9. The number of benzene rings is 1. The summed E-state index contributed by atoms with van der Waals surface area (Å²) in [6.45, 7) is 3.70. The van der Waals surface area contributed by atoms with Crippen molar-refractivity contribution in [1.29, 1.82) is 0 Å². The van der Waals surface area contributed by atoms with E-state index < -0.39 is 41.9 Å². The van der Waals surface area contributed by atoms with E-state index in [1.165, 1.54) is 25.1 Å². The third kappa shape index (κ3) is 7.50. The average molecular weight is 380 g/mol. The lowest BCUT2D eigenvalue weighted by atomic mass is 10.1. The van der Waals surface area contributed by atoms with Gasteiger partial charge in [0.05, 0.1) is 4.92 Å². The van der Waals surface area contributed by atoms with Crippen molar-refractivity contribution >= 4 is 29.5 Å². The molecule has 0 spiro atoms. The number of esters is 1. The number of ether oxygens (including phenoxy) is 1. The molecule has 11 nitrogen and oxygen atoms in total. The number of hydrogen-bond donors (Lipinski definition) is 3. The van der Waals surface area contributed by atoms with Crippen LogP contribution in [0.1, 0.15) is 29.8 Å². The van der Waals surface area contributed by atoms with E-state index in [1.54, 1.807) is 13.8 Å². The Morgan fingerprint density at radius 1 is 1.22 bits per heavy atom. The first-order chi connectivity index (χ1) is 12.6. The number of urea groups is 1. The summed E-state index contributed by atoms with van der Waals surface area (Å²) in [5, 5.41) is 17.4. The number of nitrogens with one attached hydrogen (secondary N) is 3. The van der Waals surface area contributed by atoms with E-state index in [-0.39, 0.29) is 17.3 Å². The van der Waals surface area contributed by atoms with Crippen LogP contribution in [0, 0.1) is 17.0 Å². The standard InChI is InChI=1S/C16H20N4O7/c1-9(2)18-16(24)19-13(21)8-27-14(22)7-17-15(23)11-4-5-12(20(25)26)10(3)6-11/h4-6,9H,7-8H2,1-3H3,(H,17,23)(H2,18,19,21,24). The maximum Gasteiger partial charge on any atom is 0.325 e. The number of carbonyl (C=O) groups is 4. The van der Waals surface area contributed by atoms with Gasteiger partial charge in [0, 0.05) is 23.2 Å². The van der Waals surface area contributed by atoms with Crippen molar-refractivity contribution in [1.82, 2.24) is 16.0 Å². The molecule has 146 valence electrons. The fraction of sp³-hybridized carbons (Fsp3) is 0.375. The van der Waals surface area contributed by atoms with E-state index in [9.17, 15) is 29.3 Å². The lowest BCUT2D eigenvalue weighted by molar-refractivity contribution is -0.385. The van der Waals surface area contributed by atoms with E-state index in [0.717, 1.165) is 0 Å². The van der Waals surface area contributed by atoms with Gasteiger partial charge < -0.3 is 15.4 Å². The van der Waals surface area contributed by atoms with E-state index in [1.807, 2.05) is 5.32 Å². The van der Waals surface area contributed by atoms with Crippen LogP contribution in [0.4, 0.5) is 10.5 Å². The SMILES string of the molecule is Cc1cc(C(=O)NCC(=O)OCC(=O)NC(=O)NC(C)C)ccc1[N+](=O)[O-]. The Labute approximate surface area is 154 Å². The minimum atomic E-state index is -0.888. The Morgan fingerprint density at radius 2 is 1.89 bits per heavy atom. The maximum absolute atomic E-state index is 11.9. The second kappa shape index (κ2) is 9.85.